The van der Waals surface area contributed by atoms with Crippen molar-refractivity contribution in [1.29, 1.82) is 0 Å². The zero-order valence-corrected chi connectivity index (χ0v) is 13.2. The van der Waals surface area contributed by atoms with Gasteiger partial charge in [-0.25, -0.2) is 0 Å². The van der Waals surface area contributed by atoms with Crippen molar-refractivity contribution in [3.63, 3.8) is 0 Å². The summed E-state index contributed by atoms with van der Waals surface area (Å²) in [5.74, 6) is 0. The standard InChI is InChI=1S/C12H30N2O3Si/c1-4-15-18(3,16-5-2)17-12-8-6-7-10-14-11-9-13/h14H,4-13H2,1-3H3. The quantitative estimate of drug-likeness (QED) is 0.393. The van der Waals surface area contributed by atoms with E-state index in [1.54, 1.807) is 0 Å². The van der Waals surface area contributed by atoms with Gasteiger partial charge in [-0.2, -0.15) is 0 Å². The van der Waals surface area contributed by atoms with Crippen molar-refractivity contribution in [2.24, 2.45) is 5.73 Å². The minimum absolute atomic E-state index is 0.645. The summed E-state index contributed by atoms with van der Waals surface area (Å²) in [6, 6.07) is 0. The highest BCUT2D eigenvalue weighted by Gasteiger charge is 2.33. The van der Waals surface area contributed by atoms with Crippen molar-refractivity contribution in [1.82, 2.24) is 5.32 Å². The number of hydrogen-bond donors (Lipinski definition) is 2. The van der Waals surface area contributed by atoms with Gasteiger partial charge < -0.3 is 24.3 Å². The maximum atomic E-state index is 5.79. The first-order valence-corrected chi connectivity index (χ1v) is 9.23. The number of nitrogens with one attached hydrogen (secondary N) is 1. The van der Waals surface area contributed by atoms with E-state index in [4.69, 9.17) is 19.0 Å². The van der Waals surface area contributed by atoms with E-state index in [1.165, 1.54) is 0 Å². The Morgan fingerprint density at radius 3 is 2.17 bits per heavy atom. The Morgan fingerprint density at radius 1 is 0.944 bits per heavy atom. The molecule has 0 atom stereocenters. The van der Waals surface area contributed by atoms with Crippen LogP contribution >= 0.6 is 0 Å². The van der Waals surface area contributed by atoms with Crippen molar-refractivity contribution in [3.05, 3.63) is 0 Å². The van der Waals surface area contributed by atoms with Crippen LogP contribution in [0, 0.1) is 0 Å². The minimum atomic E-state index is -2.36. The van der Waals surface area contributed by atoms with Crippen LogP contribution in [0.1, 0.15) is 33.1 Å². The molecule has 0 aromatic carbocycles. The Balaban J connectivity index is 3.49. The summed E-state index contributed by atoms with van der Waals surface area (Å²) in [5.41, 5.74) is 5.39. The first kappa shape index (κ1) is 18.0. The second-order valence-electron chi connectivity index (χ2n) is 4.18. The lowest BCUT2D eigenvalue weighted by molar-refractivity contribution is 0.0725. The van der Waals surface area contributed by atoms with Crippen LogP contribution < -0.4 is 11.1 Å². The molecule has 0 rings (SSSR count). The molecule has 0 fully saturated rings. The Morgan fingerprint density at radius 2 is 1.61 bits per heavy atom. The van der Waals surface area contributed by atoms with Crippen LogP contribution in [0.25, 0.3) is 0 Å². The molecule has 0 saturated heterocycles. The molecule has 0 spiro atoms. The van der Waals surface area contributed by atoms with E-state index in [9.17, 15) is 0 Å². The van der Waals surface area contributed by atoms with E-state index in [2.05, 4.69) is 5.32 Å². The maximum absolute atomic E-state index is 5.79. The molecule has 0 saturated carbocycles. The van der Waals surface area contributed by atoms with Gasteiger partial charge in [0.25, 0.3) is 0 Å². The Hall–Kier alpha value is 0.0169. The molecule has 0 heterocycles. The highest BCUT2D eigenvalue weighted by atomic mass is 28.4. The summed E-state index contributed by atoms with van der Waals surface area (Å²) >= 11 is 0. The third-order valence-corrected chi connectivity index (χ3v) is 4.85. The van der Waals surface area contributed by atoms with Gasteiger partial charge in [-0.1, -0.05) is 0 Å². The van der Waals surface area contributed by atoms with Gasteiger partial charge in [0.15, 0.2) is 0 Å². The van der Waals surface area contributed by atoms with E-state index in [-0.39, 0.29) is 0 Å². The minimum Gasteiger partial charge on any atom is -0.374 e. The summed E-state index contributed by atoms with van der Waals surface area (Å²) < 4.78 is 17.0. The number of hydrogen-bond acceptors (Lipinski definition) is 5. The van der Waals surface area contributed by atoms with Crippen molar-refractivity contribution in [2.45, 2.75) is 39.7 Å². The highest BCUT2D eigenvalue weighted by molar-refractivity contribution is 6.59. The normalized spacial score (nSPS) is 12.0. The molecular formula is C12H30N2O3Si. The fourth-order valence-electron chi connectivity index (χ4n) is 1.66. The molecule has 5 nitrogen and oxygen atoms in total. The number of rotatable bonds is 13. The average Bonchev–Trinajstić information content (AvgIpc) is 2.33. The predicted molar refractivity (Wildman–Crippen MR) is 76.6 cm³/mol. The molecule has 6 heteroatoms. The van der Waals surface area contributed by atoms with Gasteiger partial charge in [-0.05, 0) is 39.7 Å². The van der Waals surface area contributed by atoms with Gasteiger partial charge >= 0.3 is 8.80 Å². The number of nitrogens with two attached hydrogens (primary N) is 1. The molecule has 0 aromatic rings. The molecule has 0 aliphatic rings. The first-order chi connectivity index (χ1) is 8.68. The van der Waals surface area contributed by atoms with Crippen molar-refractivity contribution >= 4 is 8.80 Å². The van der Waals surface area contributed by atoms with Crippen molar-refractivity contribution < 1.29 is 13.3 Å². The van der Waals surface area contributed by atoms with Gasteiger partial charge in [-0.15, -0.1) is 0 Å². The lowest BCUT2D eigenvalue weighted by Gasteiger charge is -2.24. The summed E-state index contributed by atoms with van der Waals surface area (Å²) in [7, 11) is -2.36. The fraction of sp³-hybridized carbons (Fsp3) is 1.00. The van der Waals surface area contributed by atoms with Crippen molar-refractivity contribution in [3.8, 4) is 0 Å². The molecule has 3 N–H and O–H groups in total. The molecule has 0 aromatic heterocycles. The van der Waals surface area contributed by atoms with Crippen LogP contribution in [0.3, 0.4) is 0 Å². The van der Waals surface area contributed by atoms with E-state index in [0.29, 0.717) is 19.8 Å². The molecule has 0 radical (unpaired) electrons. The molecular weight excluding hydrogens is 248 g/mol. The molecule has 0 aliphatic carbocycles. The van der Waals surface area contributed by atoms with Gasteiger partial charge in [0.05, 0.1) is 0 Å². The van der Waals surface area contributed by atoms with Gasteiger partial charge in [0.1, 0.15) is 0 Å². The monoisotopic (exact) mass is 278 g/mol. The van der Waals surface area contributed by atoms with Gasteiger partial charge in [0.2, 0.25) is 0 Å². The first-order valence-electron chi connectivity index (χ1n) is 7.01. The highest BCUT2D eigenvalue weighted by Crippen LogP contribution is 2.10. The van der Waals surface area contributed by atoms with Crippen LogP contribution in [-0.2, 0) is 13.3 Å². The van der Waals surface area contributed by atoms with Crippen molar-refractivity contribution in [2.75, 3.05) is 39.5 Å². The molecule has 0 amide bonds. The molecule has 0 unspecified atom stereocenters. The average molecular weight is 278 g/mol. The van der Waals surface area contributed by atoms with E-state index in [0.717, 1.165) is 39.0 Å². The SMILES string of the molecule is CCO[Si](C)(OCC)OCCCCCNCCN. The maximum Gasteiger partial charge on any atom is 0.497 e. The van der Waals surface area contributed by atoms with Gasteiger partial charge in [0, 0.05) is 39.5 Å². The van der Waals surface area contributed by atoms with Crippen LogP contribution in [0.4, 0.5) is 0 Å². The summed E-state index contributed by atoms with van der Waals surface area (Å²) in [5, 5.41) is 3.28. The third-order valence-electron chi connectivity index (χ3n) is 2.50. The smallest absolute Gasteiger partial charge is 0.374 e. The number of unbranched alkanes of at least 4 members (excludes halogenated alkanes) is 2. The second kappa shape index (κ2) is 12.1. The molecule has 18 heavy (non-hydrogen) atoms. The van der Waals surface area contributed by atoms with Gasteiger partial charge in [-0.3, -0.25) is 0 Å². The predicted octanol–water partition coefficient (Wildman–Crippen LogP) is 1.36. The van der Waals surface area contributed by atoms with E-state index in [1.807, 2.05) is 20.4 Å². The largest absolute Gasteiger partial charge is 0.497 e. The van der Waals surface area contributed by atoms with Crippen LogP contribution in [0.5, 0.6) is 0 Å². The van der Waals surface area contributed by atoms with Crippen LogP contribution in [-0.4, -0.2) is 48.3 Å². The second-order valence-corrected chi connectivity index (χ2v) is 6.77. The zero-order chi connectivity index (χ0) is 13.7. The summed E-state index contributed by atoms with van der Waals surface area (Å²) in [6.07, 6.45) is 3.36. The zero-order valence-electron chi connectivity index (χ0n) is 12.2. The molecule has 0 bridgehead atoms. The topological polar surface area (TPSA) is 65.7 Å². The third kappa shape index (κ3) is 9.99. The van der Waals surface area contributed by atoms with Crippen LogP contribution in [0.15, 0.2) is 0 Å². The Bertz CT molecular complexity index is 179. The summed E-state index contributed by atoms with van der Waals surface area (Å²) in [4.78, 5) is 0. The fourth-order valence-corrected chi connectivity index (χ4v) is 3.48. The Kier molecular flexibility index (Phi) is 12.1. The lowest BCUT2D eigenvalue weighted by atomic mass is 10.2. The van der Waals surface area contributed by atoms with E-state index < -0.39 is 8.80 Å². The van der Waals surface area contributed by atoms with E-state index >= 15 is 0 Å². The molecule has 0 aliphatic heterocycles. The van der Waals surface area contributed by atoms with Crippen LogP contribution in [0.2, 0.25) is 6.55 Å². The lowest BCUT2D eigenvalue weighted by Crippen LogP contribution is -2.42. The Labute approximate surface area is 113 Å². The summed E-state index contributed by atoms with van der Waals surface area (Å²) in [6.45, 7) is 10.5. The molecule has 110 valence electrons.